The molecule has 5 nitrogen and oxygen atoms in total. The average Bonchev–Trinajstić information content (AvgIpc) is 2.95. The summed E-state index contributed by atoms with van der Waals surface area (Å²) >= 11 is 6.25. The smallest absolute Gasteiger partial charge is 0.340 e. The summed E-state index contributed by atoms with van der Waals surface area (Å²) in [5.41, 5.74) is 3.29. The van der Waals surface area contributed by atoms with Crippen LogP contribution < -0.4 is 9.64 Å². The van der Waals surface area contributed by atoms with Crippen LogP contribution in [0.1, 0.15) is 25.0 Å². The lowest BCUT2D eigenvalue weighted by Gasteiger charge is -2.18. The molecule has 0 saturated carbocycles. The number of rotatable bonds is 5. The molecule has 29 heavy (non-hydrogen) atoms. The summed E-state index contributed by atoms with van der Waals surface area (Å²) in [5.74, 6) is -0.131. The molecule has 1 amide bonds. The SMILES string of the molecule is CCOc1ccc(/C=C2\C(=O)N(c3ccc(C)c(Cl)c3)C(C)=C2C(=O)OC)cc1. The van der Waals surface area contributed by atoms with Gasteiger partial charge in [0.2, 0.25) is 0 Å². The van der Waals surface area contributed by atoms with Crippen molar-refractivity contribution in [3.63, 3.8) is 0 Å². The van der Waals surface area contributed by atoms with Crippen LogP contribution in [0.4, 0.5) is 5.69 Å². The second kappa shape index (κ2) is 8.53. The Morgan fingerprint density at radius 1 is 1.14 bits per heavy atom. The summed E-state index contributed by atoms with van der Waals surface area (Å²) in [6.45, 7) is 6.09. The molecule has 1 aliphatic heterocycles. The Balaban J connectivity index is 2.07. The van der Waals surface area contributed by atoms with Crippen LogP contribution in [0.15, 0.2) is 59.3 Å². The summed E-state index contributed by atoms with van der Waals surface area (Å²) in [6, 6.07) is 12.7. The van der Waals surface area contributed by atoms with E-state index in [0.29, 0.717) is 23.0 Å². The van der Waals surface area contributed by atoms with Gasteiger partial charge in [0.05, 0.1) is 30.6 Å². The van der Waals surface area contributed by atoms with E-state index in [1.165, 1.54) is 12.0 Å². The first-order valence-electron chi connectivity index (χ1n) is 9.22. The number of hydrogen-bond acceptors (Lipinski definition) is 4. The van der Waals surface area contributed by atoms with Gasteiger partial charge < -0.3 is 9.47 Å². The molecule has 0 atom stereocenters. The number of halogens is 1. The van der Waals surface area contributed by atoms with Crippen LogP contribution in [0, 0.1) is 6.92 Å². The van der Waals surface area contributed by atoms with E-state index in [-0.39, 0.29) is 17.1 Å². The normalized spacial score (nSPS) is 15.3. The minimum atomic E-state index is -0.561. The molecule has 2 aromatic rings. The Kier molecular flexibility index (Phi) is 6.09. The molecular weight excluding hydrogens is 390 g/mol. The zero-order valence-corrected chi connectivity index (χ0v) is 17.5. The van der Waals surface area contributed by atoms with Gasteiger partial charge in [-0.3, -0.25) is 9.69 Å². The summed E-state index contributed by atoms with van der Waals surface area (Å²) in [6.07, 6.45) is 1.68. The highest BCUT2D eigenvalue weighted by Gasteiger charge is 2.38. The van der Waals surface area contributed by atoms with Crippen molar-refractivity contribution in [2.75, 3.05) is 18.6 Å². The van der Waals surface area contributed by atoms with Gasteiger partial charge in [0, 0.05) is 10.7 Å². The predicted molar refractivity (Wildman–Crippen MR) is 114 cm³/mol. The lowest BCUT2D eigenvalue weighted by molar-refractivity contribution is -0.136. The zero-order chi connectivity index (χ0) is 21.1. The number of carbonyl (C=O) groups excluding carboxylic acids is 2. The van der Waals surface area contributed by atoms with Crippen molar-refractivity contribution in [1.82, 2.24) is 0 Å². The Morgan fingerprint density at radius 2 is 1.83 bits per heavy atom. The van der Waals surface area contributed by atoms with Crippen LogP contribution in [-0.2, 0) is 14.3 Å². The highest BCUT2D eigenvalue weighted by atomic mass is 35.5. The number of methoxy groups -OCH3 is 1. The van der Waals surface area contributed by atoms with Gasteiger partial charge in [-0.1, -0.05) is 29.8 Å². The average molecular weight is 412 g/mol. The largest absolute Gasteiger partial charge is 0.494 e. The third-order valence-electron chi connectivity index (χ3n) is 4.71. The predicted octanol–water partition coefficient (Wildman–Crippen LogP) is 4.92. The number of benzene rings is 2. The first-order chi connectivity index (χ1) is 13.9. The first kappa shape index (κ1) is 20.7. The van der Waals surface area contributed by atoms with Crippen LogP contribution >= 0.6 is 11.6 Å². The summed E-state index contributed by atoms with van der Waals surface area (Å²) in [4.78, 5) is 27.2. The van der Waals surface area contributed by atoms with Crippen molar-refractivity contribution >= 4 is 35.2 Å². The van der Waals surface area contributed by atoms with Crippen molar-refractivity contribution < 1.29 is 19.1 Å². The van der Waals surface area contributed by atoms with Crippen molar-refractivity contribution in [2.45, 2.75) is 20.8 Å². The lowest BCUT2D eigenvalue weighted by atomic mass is 10.0. The number of esters is 1. The molecule has 0 N–H and O–H groups in total. The molecule has 0 aromatic heterocycles. The van der Waals surface area contributed by atoms with Crippen LogP contribution in [0.2, 0.25) is 5.02 Å². The standard InChI is InChI=1S/C23H22ClNO4/c1-5-29-18-10-7-16(8-11-18)12-19-21(23(27)28-4)15(3)25(22(19)26)17-9-6-14(2)20(24)13-17/h6-13H,5H2,1-4H3/b19-12-. The van der Waals surface area contributed by atoms with Gasteiger partial charge in [0.25, 0.3) is 5.91 Å². The Morgan fingerprint density at radius 3 is 2.41 bits per heavy atom. The number of amides is 1. The molecule has 0 bridgehead atoms. The molecule has 0 spiro atoms. The quantitative estimate of drug-likeness (QED) is 0.517. The molecule has 0 saturated heterocycles. The third kappa shape index (κ3) is 4.05. The Hall–Kier alpha value is -3.05. The maximum Gasteiger partial charge on any atom is 0.340 e. The minimum absolute atomic E-state index is 0.239. The van der Waals surface area contributed by atoms with E-state index in [1.807, 2.05) is 44.2 Å². The Bertz CT molecular complexity index is 1020. The second-order valence-corrected chi connectivity index (χ2v) is 6.99. The maximum absolute atomic E-state index is 13.3. The van der Waals surface area contributed by atoms with E-state index in [0.717, 1.165) is 16.9 Å². The molecule has 0 radical (unpaired) electrons. The van der Waals surface area contributed by atoms with E-state index in [1.54, 1.807) is 25.1 Å². The molecular formula is C23H22ClNO4. The van der Waals surface area contributed by atoms with Gasteiger partial charge in [-0.2, -0.15) is 0 Å². The van der Waals surface area contributed by atoms with E-state index in [4.69, 9.17) is 21.1 Å². The van der Waals surface area contributed by atoms with Crippen LogP contribution in [0.5, 0.6) is 5.75 Å². The third-order valence-corrected chi connectivity index (χ3v) is 5.11. The molecule has 1 aliphatic rings. The number of hydrogen-bond donors (Lipinski definition) is 0. The highest BCUT2D eigenvalue weighted by Crippen LogP contribution is 2.36. The van der Waals surface area contributed by atoms with Gasteiger partial charge in [-0.25, -0.2) is 4.79 Å². The van der Waals surface area contributed by atoms with Crippen molar-refractivity contribution in [3.8, 4) is 5.75 Å². The fraction of sp³-hybridized carbons (Fsp3) is 0.217. The molecule has 3 rings (SSSR count). The van der Waals surface area contributed by atoms with Gasteiger partial charge in [-0.15, -0.1) is 0 Å². The summed E-state index contributed by atoms with van der Waals surface area (Å²) < 4.78 is 10.4. The maximum atomic E-state index is 13.3. The summed E-state index contributed by atoms with van der Waals surface area (Å²) in [7, 11) is 1.30. The second-order valence-electron chi connectivity index (χ2n) is 6.59. The molecule has 150 valence electrons. The van der Waals surface area contributed by atoms with Gasteiger partial charge in [-0.05, 0) is 62.2 Å². The molecule has 0 fully saturated rings. The van der Waals surface area contributed by atoms with E-state index < -0.39 is 5.97 Å². The van der Waals surface area contributed by atoms with E-state index >= 15 is 0 Å². The molecule has 0 aliphatic carbocycles. The van der Waals surface area contributed by atoms with E-state index in [2.05, 4.69) is 0 Å². The fourth-order valence-electron chi connectivity index (χ4n) is 3.21. The minimum Gasteiger partial charge on any atom is -0.494 e. The number of allylic oxidation sites excluding steroid dienone is 1. The van der Waals surface area contributed by atoms with Gasteiger partial charge in [0.1, 0.15) is 5.75 Å². The fourth-order valence-corrected chi connectivity index (χ4v) is 3.38. The lowest BCUT2D eigenvalue weighted by Crippen LogP contribution is -2.24. The molecule has 1 heterocycles. The van der Waals surface area contributed by atoms with E-state index in [9.17, 15) is 9.59 Å². The summed E-state index contributed by atoms with van der Waals surface area (Å²) in [5, 5.41) is 0.548. The Labute approximate surface area is 175 Å². The number of anilines is 1. The van der Waals surface area contributed by atoms with Crippen LogP contribution in [-0.4, -0.2) is 25.6 Å². The first-order valence-corrected chi connectivity index (χ1v) is 9.60. The molecule has 0 unspecified atom stereocenters. The molecule has 6 heteroatoms. The van der Waals surface area contributed by atoms with Crippen molar-refractivity contribution in [2.24, 2.45) is 0 Å². The molecule has 2 aromatic carbocycles. The van der Waals surface area contributed by atoms with Gasteiger partial charge in [0.15, 0.2) is 0 Å². The van der Waals surface area contributed by atoms with Crippen molar-refractivity contribution in [3.05, 3.63) is 75.5 Å². The van der Waals surface area contributed by atoms with Gasteiger partial charge >= 0.3 is 5.97 Å². The highest BCUT2D eigenvalue weighted by molar-refractivity contribution is 6.32. The van der Waals surface area contributed by atoms with Crippen LogP contribution in [0.3, 0.4) is 0 Å². The topological polar surface area (TPSA) is 55.8 Å². The number of ether oxygens (including phenoxy) is 2. The monoisotopic (exact) mass is 411 g/mol. The number of nitrogens with zero attached hydrogens (tertiary/aromatic N) is 1. The number of carbonyl (C=O) groups is 2. The zero-order valence-electron chi connectivity index (χ0n) is 16.8. The van der Waals surface area contributed by atoms with Crippen LogP contribution in [0.25, 0.3) is 6.08 Å². The van der Waals surface area contributed by atoms with Crippen molar-refractivity contribution in [1.29, 1.82) is 0 Å². The number of aryl methyl sites for hydroxylation is 1.